The van der Waals surface area contributed by atoms with Gasteiger partial charge in [-0.1, -0.05) is 0 Å². The average molecular weight is 263 g/mol. The van der Waals surface area contributed by atoms with Crippen molar-refractivity contribution in [2.75, 3.05) is 31.3 Å². The number of amides is 1. The lowest BCUT2D eigenvalue weighted by Crippen LogP contribution is -2.36. The van der Waals surface area contributed by atoms with Crippen LogP contribution in [0.25, 0.3) is 0 Å². The summed E-state index contributed by atoms with van der Waals surface area (Å²) in [7, 11) is 3.48. The molecule has 1 fully saturated rings. The molecule has 1 aromatic heterocycles. The highest BCUT2D eigenvalue weighted by molar-refractivity contribution is 5.83. The van der Waals surface area contributed by atoms with Gasteiger partial charge in [0.1, 0.15) is 24.0 Å². The van der Waals surface area contributed by atoms with Crippen molar-refractivity contribution in [2.45, 2.75) is 25.8 Å². The maximum absolute atomic E-state index is 11.8. The molecular formula is C13H21N5O. The van der Waals surface area contributed by atoms with Crippen LogP contribution in [0.1, 0.15) is 19.8 Å². The Labute approximate surface area is 113 Å². The largest absolute Gasteiger partial charge is 0.370 e. The highest BCUT2D eigenvalue weighted by atomic mass is 16.2. The number of rotatable bonds is 6. The molecule has 1 saturated carbocycles. The van der Waals surface area contributed by atoms with Gasteiger partial charge in [0.2, 0.25) is 5.91 Å². The lowest BCUT2D eigenvalue weighted by atomic mass is 10.3. The van der Waals surface area contributed by atoms with Gasteiger partial charge in [0.15, 0.2) is 0 Å². The number of anilines is 2. The number of hydrogen-bond acceptors (Lipinski definition) is 5. The first-order valence-corrected chi connectivity index (χ1v) is 6.60. The predicted molar refractivity (Wildman–Crippen MR) is 75.0 cm³/mol. The van der Waals surface area contributed by atoms with Crippen molar-refractivity contribution in [3.8, 4) is 0 Å². The minimum absolute atomic E-state index is 0.0195. The first-order valence-electron chi connectivity index (χ1n) is 6.60. The molecule has 2 N–H and O–H groups in total. The van der Waals surface area contributed by atoms with Crippen LogP contribution in [-0.4, -0.2) is 47.5 Å². The number of carbonyl (C=O) groups is 1. The zero-order chi connectivity index (χ0) is 13.8. The molecule has 19 heavy (non-hydrogen) atoms. The van der Waals surface area contributed by atoms with E-state index in [4.69, 9.17) is 0 Å². The van der Waals surface area contributed by atoms with E-state index in [1.807, 2.05) is 13.0 Å². The molecule has 0 radical (unpaired) electrons. The Morgan fingerprint density at radius 3 is 2.74 bits per heavy atom. The van der Waals surface area contributed by atoms with Crippen molar-refractivity contribution < 1.29 is 4.79 Å². The Morgan fingerprint density at radius 2 is 2.11 bits per heavy atom. The van der Waals surface area contributed by atoms with Crippen molar-refractivity contribution in [3.05, 3.63) is 12.4 Å². The van der Waals surface area contributed by atoms with Crippen molar-refractivity contribution >= 4 is 17.5 Å². The Morgan fingerprint density at radius 1 is 1.42 bits per heavy atom. The molecule has 1 aliphatic carbocycles. The van der Waals surface area contributed by atoms with E-state index in [9.17, 15) is 4.79 Å². The zero-order valence-corrected chi connectivity index (χ0v) is 11.7. The standard InChI is InChI=1S/C13H21N5O/c1-9(13(19)18(2)3)17-12-6-11(15-8-16-12)14-7-10-4-5-10/h6,8-10H,4-5,7H2,1-3H3,(H2,14,15,16,17)/t9-/m0/s1. The van der Waals surface area contributed by atoms with Gasteiger partial charge in [0.25, 0.3) is 0 Å². The summed E-state index contributed by atoms with van der Waals surface area (Å²) >= 11 is 0. The van der Waals surface area contributed by atoms with Gasteiger partial charge in [-0.15, -0.1) is 0 Å². The van der Waals surface area contributed by atoms with Gasteiger partial charge in [0, 0.05) is 26.7 Å². The second kappa shape index (κ2) is 5.86. The first kappa shape index (κ1) is 13.6. The van der Waals surface area contributed by atoms with Gasteiger partial charge in [-0.3, -0.25) is 4.79 Å². The van der Waals surface area contributed by atoms with E-state index >= 15 is 0 Å². The summed E-state index contributed by atoms with van der Waals surface area (Å²) in [6.07, 6.45) is 4.11. The van der Waals surface area contributed by atoms with Crippen LogP contribution in [0.5, 0.6) is 0 Å². The van der Waals surface area contributed by atoms with E-state index in [0.29, 0.717) is 5.82 Å². The van der Waals surface area contributed by atoms with Gasteiger partial charge < -0.3 is 15.5 Å². The molecule has 1 heterocycles. The third-order valence-corrected chi connectivity index (χ3v) is 3.11. The van der Waals surface area contributed by atoms with Crippen LogP contribution in [0.2, 0.25) is 0 Å². The Balaban J connectivity index is 1.91. The van der Waals surface area contributed by atoms with Gasteiger partial charge in [-0.05, 0) is 25.7 Å². The van der Waals surface area contributed by atoms with E-state index in [2.05, 4.69) is 20.6 Å². The third kappa shape index (κ3) is 4.08. The van der Waals surface area contributed by atoms with Crippen LogP contribution < -0.4 is 10.6 Å². The Hall–Kier alpha value is -1.85. The monoisotopic (exact) mass is 263 g/mol. The molecule has 1 atom stereocenters. The number of nitrogens with zero attached hydrogens (tertiary/aromatic N) is 3. The molecule has 1 aromatic rings. The maximum Gasteiger partial charge on any atom is 0.244 e. The summed E-state index contributed by atoms with van der Waals surface area (Å²) in [6.45, 7) is 2.78. The fourth-order valence-corrected chi connectivity index (χ4v) is 1.77. The SMILES string of the molecule is C[C@H](Nc1cc(NCC2CC2)ncn1)C(=O)N(C)C. The second-order valence-corrected chi connectivity index (χ2v) is 5.21. The van der Waals surface area contributed by atoms with Crippen molar-refractivity contribution in [2.24, 2.45) is 5.92 Å². The first-order chi connectivity index (χ1) is 9.06. The van der Waals surface area contributed by atoms with E-state index in [0.717, 1.165) is 18.3 Å². The lowest BCUT2D eigenvalue weighted by Gasteiger charge is -2.18. The smallest absolute Gasteiger partial charge is 0.244 e. The van der Waals surface area contributed by atoms with Gasteiger partial charge in [-0.2, -0.15) is 0 Å². The molecule has 0 aliphatic heterocycles. The maximum atomic E-state index is 11.8. The van der Waals surface area contributed by atoms with Crippen LogP contribution in [0.3, 0.4) is 0 Å². The fraction of sp³-hybridized carbons (Fsp3) is 0.615. The number of likely N-dealkylation sites (N-methyl/N-ethyl adjacent to an activating group) is 1. The summed E-state index contributed by atoms with van der Waals surface area (Å²) in [6, 6.07) is 1.53. The minimum Gasteiger partial charge on any atom is -0.370 e. The molecule has 104 valence electrons. The second-order valence-electron chi connectivity index (χ2n) is 5.21. The Kier molecular flexibility index (Phi) is 4.19. The molecule has 0 bridgehead atoms. The highest BCUT2D eigenvalue weighted by Gasteiger charge is 2.21. The normalized spacial score (nSPS) is 15.7. The van der Waals surface area contributed by atoms with Gasteiger partial charge >= 0.3 is 0 Å². The van der Waals surface area contributed by atoms with E-state index in [1.165, 1.54) is 19.2 Å². The van der Waals surface area contributed by atoms with Gasteiger partial charge in [0.05, 0.1) is 0 Å². The third-order valence-electron chi connectivity index (χ3n) is 3.11. The van der Waals surface area contributed by atoms with Crippen LogP contribution in [0.15, 0.2) is 12.4 Å². The molecule has 1 amide bonds. The van der Waals surface area contributed by atoms with E-state index in [1.54, 1.807) is 19.0 Å². The summed E-state index contributed by atoms with van der Waals surface area (Å²) < 4.78 is 0. The van der Waals surface area contributed by atoms with E-state index in [-0.39, 0.29) is 11.9 Å². The summed E-state index contributed by atoms with van der Waals surface area (Å²) in [4.78, 5) is 21.6. The van der Waals surface area contributed by atoms with E-state index < -0.39 is 0 Å². The number of aromatic nitrogens is 2. The van der Waals surface area contributed by atoms with Gasteiger partial charge in [-0.25, -0.2) is 9.97 Å². The summed E-state index contributed by atoms with van der Waals surface area (Å²) in [5.41, 5.74) is 0. The summed E-state index contributed by atoms with van der Waals surface area (Å²) in [5, 5.41) is 6.37. The molecule has 0 unspecified atom stereocenters. The number of carbonyl (C=O) groups excluding carboxylic acids is 1. The van der Waals surface area contributed by atoms with Crippen LogP contribution in [-0.2, 0) is 4.79 Å². The molecular weight excluding hydrogens is 242 g/mol. The topological polar surface area (TPSA) is 70.1 Å². The molecule has 0 spiro atoms. The average Bonchev–Trinajstić information content (AvgIpc) is 3.19. The molecule has 0 aromatic carbocycles. The Bertz CT molecular complexity index is 444. The molecule has 6 nitrogen and oxygen atoms in total. The number of nitrogens with one attached hydrogen (secondary N) is 2. The lowest BCUT2D eigenvalue weighted by molar-refractivity contribution is -0.129. The summed E-state index contributed by atoms with van der Waals surface area (Å²) in [5.74, 6) is 2.27. The number of hydrogen-bond donors (Lipinski definition) is 2. The van der Waals surface area contributed by atoms with Crippen LogP contribution in [0, 0.1) is 5.92 Å². The van der Waals surface area contributed by atoms with Crippen LogP contribution >= 0.6 is 0 Å². The van der Waals surface area contributed by atoms with Crippen molar-refractivity contribution in [1.82, 2.24) is 14.9 Å². The molecule has 0 saturated heterocycles. The van der Waals surface area contributed by atoms with Crippen molar-refractivity contribution in [1.29, 1.82) is 0 Å². The predicted octanol–water partition coefficient (Wildman–Crippen LogP) is 1.19. The minimum atomic E-state index is -0.304. The molecule has 6 heteroatoms. The molecule has 1 aliphatic rings. The quantitative estimate of drug-likeness (QED) is 0.806. The zero-order valence-electron chi connectivity index (χ0n) is 11.7. The van der Waals surface area contributed by atoms with Crippen LogP contribution in [0.4, 0.5) is 11.6 Å². The highest BCUT2D eigenvalue weighted by Crippen LogP contribution is 2.28. The fourth-order valence-electron chi connectivity index (χ4n) is 1.77. The molecule has 2 rings (SSSR count). The van der Waals surface area contributed by atoms with Crippen molar-refractivity contribution in [3.63, 3.8) is 0 Å².